The number of halogens is 1. The van der Waals surface area contributed by atoms with Crippen LogP contribution in [0.25, 0.3) is 0 Å². The van der Waals surface area contributed by atoms with Crippen LogP contribution >= 0.6 is 11.6 Å². The molecule has 0 unspecified atom stereocenters. The number of ketones is 1. The molecule has 2 aromatic carbocycles. The van der Waals surface area contributed by atoms with Crippen molar-refractivity contribution >= 4 is 39.1 Å². The molecule has 2 aromatic rings. The first kappa shape index (κ1) is 20.2. The van der Waals surface area contributed by atoms with Gasteiger partial charge in [0.25, 0.3) is 0 Å². The van der Waals surface area contributed by atoms with Gasteiger partial charge < -0.3 is 9.84 Å². The molecule has 0 spiro atoms. The summed E-state index contributed by atoms with van der Waals surface area (Å²) < 4.78 is 30.6. The van der Waals surface area contributed by atoms with E-state index in [0.29, 0.717) is 24.2 Å². The average Bonchev–Trinajstić information content (AvgIpc) is 3.11. The largest absolute Gasteiger partial charge is 0.507 e. The van der Waals surface area contributed by atoms with E-state index in [-0.39, 0.29) is 22.1 Å². The van der Waals surface area contributed by atoms with Crippen LogP contribution < -0.4 is 4.31 Å². The molecule has 0 saturated heterocycles. The van der Waals surface area contributed by atoms with Gasteiger partial charge in [-0.2, -0.15) is 0 Å². The fourth-order valence-electron chi connectivity index (χ4n) is 2.95. The van der Waals surface area contributed by atoms with Crippen molar-refractivity contribution in [1.82, 2.24) is 0 Å². The van der Waals surface area contributed by atoms with E-state index in [1.54, 1.807) is 19.1 Å². The second-order valence-corrected chi connectivity index (χ2v) is 8.85. The molecule has 148 valence electrons. The Kier molecular flexibility index (Phi) is 5.62. The monoisotopic (exact) mass is 423 g/mol. The van der Waals surface area contributed by atoms with Crippen LogP contribution in [0.2, 0.25) is 5.02 Å². The number of phenols is 1. The summed E-state index contributed by atoms with van der Waals surface area (Å²) in [5, 5.41) is 9.96. The van der Waals surface area contributed by atoms with E-state index >= 15 is 0 Å². The smallest absolute Gasteiger partial charge is 0.342 e. The number of anilines is 1. The summed E-state index contributed by atoms with van der Waals surface area (Å²) >= 11 is 5.80. The summed E-state index contributed by atoms with van der Waals surface area (Å²) in [5.74, 6) is -1.60. The number of hydrogen-bond acceptors (Lipinski definition) is 6. The Morgan fingerprint density at radius 1 is 1.21 bits per heavy atom. The highest BCUT2D eigenvalue weighted by atomic mass is 35.5. The first-order chi connectivity index (χ1) is 13.2. The molecule has 1 N–H and O–H groups in total. The zero-order chi connectivity index (χ0) is 20.5. The van der Waals surface area contributed by atoms with Gasteiger partial charge in [-0.25, -0.2) is 13.2 Å². The zero-order valence-electron chi connectivity index (χ0n) is 15.0. The van der Waals surface area contributed by atoms with Crippen molar-refractivity contribution in [3.05, 3.63) is 58.1 Å². The molecule has 0 aromatic heterocycles. The summed E-state index contributed by atoms with van der Waals surface area (Å²) in [6.07, 6.45) is 0.506. The minimum atomic E-state index is -3.36. The van der Waals surface area contributed by atoms with Gasteiger partial charge in [0.15, 0.2) is 12.4 Å². The number of sulfonamides is 1. The maximum Gasteiger partial charge on any atom is 0.342 e. The molecule has 0 atom stereocenters. The highest BCUT2D eigenvalue weighted by molar-refractivity contribution is 7.92. The Labute approximate surface area is 167 Å². The van der Waals surface area contributed by atoms with Crippen LogP contribution in [-0.2, 0) is 21.2 Å². The first-order valence-electron chi connectivity index (χ1n) is 8.55. The van der Waals surface area contributed by atoms with Gasteiger partial charge in [-0.15, -0.1) is 0 Å². The lowest BCUT2D eigenvalue weighted by Gasteiger charge is -2.18. The van der Waals surface area contributed by atoms with Gasteiger partial charge in [-0.3, -0.25) is 9.10 Å². The fraction of sp³-hybridized carbons (Fsp3) is 0.263. The molecule has 7 nitrogen and oxygen atoms in total. The van der Waals surface area contributed by atoms with Crippen molar-refractivity contribution in [2.45, 2.75) is 13.3 Å². The van der Waals surface area contributed by atoms with E-state index in [9.17, 15) is 23.1 Å². The van der Waals surface area contributed by atoms with Gasteiger partial charge in [-0.05, 0) is 55.3 Å². The Morgan fingerprint density at radius 2 is 1.96 bits per heavy atom. The van der Waals surface area contributed by atoms with E-state index in [2.05, 4.69) is 0 Å². The molecule has 0 bridgehead atoms. The third kappa shape index (κ3) is 3.98. The molecule has 9 heteroatoms. The summed E-state index contributed by atoms with van der Waals surface area (Å²) in [5.41, 5.74) is 1.51. The molecule has 1 aliphatic heterocycles. The van der Waals surface area contributed by atoms with E-state index in [0.717, 1.165) is 5.56 Å². The van der Waals surface area contributed by atoms with Crippen LogP contribution in [0.1, 0.15) is 33.2 Å². The molecule has 0 amide bonds. The number of carbonyl (C=O) groups is 2. The summed E-state index contributed by atoms with van der Waals surface area (Å²) in [6.45, 7) is 1.41. The molecule has 28 heavy (non-hydrogen) atoms. The van der Waals surface area contributed by atoms with Gasteiger partial charge in [0.05, 0.1) is 11.4 Å². The summed E-state index contributed by atoms with van der Waals surface area (Å²) in [6, 6.07) is 8.65. The average molecular weight is 424 g/mol. The summed E-state index contributed by atoms with van der Waals surface area (Å²) in [7, 11) is -3.36. The van der Waals surface area contributed by atoms with Crippen LogP contribution in [0.15, 0.2) is 36.4 Å². The number of aromatic hydroxyl groups is 1. The van der Waals surface area contributed by atoms with Crippen LogP contribution in [0.5, 0.6) is 5.75 Å². The molecule has 0 fully saturated rings. The molecular formula is C19H18ClNO6S. The maximum atomic E-state index is 12.4. The highest BCUT2D eigenvalue weighted by Crippen LogP contribution is 2.31. The van der Waals surface area contributed by atoms with Crippen molar-refractivity contribution in [2.24, 2.45) is 0 Å². The lowest BCUT2D eigenvalue weighted by atomic mass is 10.1. The van der Waals surface area contributed by atoms with Crippen molar-refractivity contribution in [1.29, 1.82) is 0 Å². The number of benzene rings is 2. The van der Waals surface area contributed by atoms with Gasteiger partial charge in [0, 0.05) is 17.1 Å². The molecule has 1 aliphatic rings. The van der Waals surface area contributed by atoms with E-state index in [1.165, 1.54) is 28.6 Å². The number of fused-ring (bicyclic) bond motifs is 1. The number of Topliss-reactive ketones (excluding diaryl/α,β-unsaturated/α-hetero) is 1. The Balaban J connectivity index is 1.71. The Bertz CT molecular complexity index is 1050. The molecule has 0 radical (unpaired) electrons. The number of esters is 1. The van der Waals surface area contributed by atoms with Gasteiger partial charge >= 0.3 is 5.97 Å². The number of ether oxygens (including phenoxy) is 1. The van der Waals surface area contributed by atoms with Crippen LogP contribution in [0, 0.1) is 0 Å². The molecule has 0 aliphatic carbocycles. The van der Waals surface area contributed by atoms with Crippen molar-refractivity contribution in [2.75, 3.05) is 23.2 Å². The quantitative estimate of drug-likeness (QED) is 0.566. The standard InChI is InChI=1S/C19H18ClNO6S/c1-2-28(25,26)21-8-7-12-9-13(3-5-16(12)21)18(23)11-27-19(24)15-10-14(20)4-6-17(15)22/h3-6,9-10,22H,2,7-8,11H2,1H3. The predicted molar refractivity (Wildman–Crippen MR) is 105 cm³/mol. The SMILES string of the molecule is CCS(=O)(=O)N1CCc2cc(C(=O)COC(=O)c3cc(Cl)ccc3O)ccc21. The maximum absolute atomic E-state index is 12.4. The second-order valence-electron chi connectivity index (χ2n) is 6.23. The predicted octanol–water partition coefficient (Wildman–Crippen LogP) is 2.80. The number of hydrogen-bond donors (Lipinski definition) is 1. The van der Waals surface area contributed by atoms with E-state index < -0.39 is 28.4 Å². The van der Waals surface area contributed by atoms with Crippen molar-refractivity contribution in [3.63, 3.8) is 0 Å². The molecular weight excluding hydrogens is 406 g/mol. The number of rotatable bonds is 6. The Hall–Kier alpha value is -2.58. The van der Waals surface area contributed by atoms with Gasteiger partial charge in [-0.1, -0.05) is 11.6 Å². The van der Waals surface area contributed by atoms with Crippen LogP contribution in [-0.4, -0.2) is 44.2 Å². The van der Waals surface area contributed by atoms with Crippen molar-refractivity contribution < 1.29 is 27.9 Å². The van der Waals surface area contributed by atoms with E-state index in [4.69, 9.17) is 16.3 Å². The minimum absolute atomic E-state index is 0.000574. The minimum Gasteiger partial charge on any atom is -0.507 e. The molecule has 0 saturated carbocycles. The zero-order valence-corrected chi connectivity index (χ0v) is 16.6. The third-order valence-corrected chi connectivity index (χ3v) is 6.48. The highest BCUT2D eigenvalue weighted by Gasteiger charge is 2.28. The number of carbonyl (C=O) groups excluding carboxylic acids is 2. The fourth-order valence-corrected chi connectivity index (χ4v) is 4.28. The topological polar surface area (TPSA) is 101 Å². The molecule has 3 rings (SSSR count). The van der Waals surface area contributed by atoms with Crippen LogP contribution in [0.4, 0.5) is 5.69 Å². The van der Waals surface area contributed by atoms with Gasteiger partial charge in [0.1, 0.15) is 11.3 Å². The van der Waals surface area contributed by atoms with E-state index in [1.807, 2.05) is 0 Å². The second kappa shape index (κ2) is 7.81. The molecule has 1 heterocycles. The normalized spacial score (nSPS) is 13.3. The summed E-state index contributed by atoms with van der Waals surface area (Å²) in [4.78, 5) is 24.4. The van der Waals surface area contributed by atoms with Gasteiger partial charge in [0.2, 0.25) is 10.0 Å². The number of phenolic OH excluding ortho intramolecular Hbond substituents is 1. The Morgan fingerprint density at radius 3 is 2.68 bits per heavy atom. The lowest BCUT2D eigenvalue weighted by Crippen LogP contribution is -2.30. The lowest BCUT2D eigenvalue weighted by molar-refractivity contribution is 0.0472. The third-order valence-electron chi connectivity index (χ3n) is 4.47. The van der Waals surface area contributed by atoms with Crippen LogP contribution in [0.3, 0.4) is 0 Å². The first-order valence-corrected chi connectivity index (χ1v) is 10.5. The number of nitrogens with zero attached hydrogens (tertiary/aromatic N) is 1. The van der Waals surface area contributed by atoms with Crippen molar-refractivity contribution in [3.8, 4) is 5.75 Å².